The Balaban J connectivity index is 4.65. The number of ether oxygens (including phenoxy) is 3. The molecule has 76 heavy (non-hydrogen) atoms. The number of carbonyl (C=O) groups excluding carboxylic acids is 3. The number of allylic oxidation sites excluding steroid dienone is 2. The SMILES string of the molecule is CCCCCCCC/C=C\CCCCCCCCCC(=O)OCC(COP(=O)(O)OCC(CO)OC(=O)CCCCCCCCCCCCCCCCC)OC(=O)CCCCCCCCCCCCCCCCCCC. The summed E-state index contributed by atoms with van der Waals surface area (Å²) in [5, 5.41) is 9.85. The Morgan fingerprint density at radius 2 is 0.605 bits per heavy atom. The monoisotopic (exact) mass is 1100 g/mol. The smallest absolute Gasteiger partial charge is 0.462 e. The maximum atomic E-state index is 12.9. The van der Waals surface area contributed by atoms with Crippen LogP contribution in [0.5, 0.6) is 0 Å². The van der Waals surface area contributed by atoms with Crippen LogP contribution in [0.1, 0.15) is 342 Å². The van der Waals surface area contributed by atoms with Crippen LogP contribution in [0.15, 0.2) is 12.2 Å². The van der Waals surface area contributed by atoms with Crippen molar-refractivity contribution in [1.29, 1.82) is 0 Å². The summed E-state index contributed by atoms with van der Waals surface area (Å²) in [4.78, 5) is 48.7. The summed E-state index contributed by atoms with van der Waals surface area (Å²) in [5.74, 6) is -1.43. The fraction of sp³-hybridized carbons (Fsp3) is 0.922. The summed E-state index contributed by atoms with van der Waals surface area (Å²) in [7, 11) is -4.74. The van der Waals surface area contributed by atoms with Crippen molar-refractivity contribution in [3.63, 3.8) is 0 Å². The molecule has 0 saturated carbocycles. The van der Waals surface area contributed by atoms with Crippen LogP contribution in [0.3, 0.4) is 0 Å². The van der Waals surface area contributed by atoms with Crippen molar-refractivity contribution in [1.82, 2.24) is 0 Å². The summed E-state index contributed by atoms with van der Waals surface area (Å²) < 4.78 is 39.7. The molecule has 0 rings (SSSR count). The van der Waals surface area contributed by atoms with Crippen LogP contribution < -0.4 is 0 Å². The van der Waals surface area contributed by atoms with Gasteiger partial charge in [-0.2, -0.15) is 0 Å². The lowest BCUT2D eigenvalue weighted by Crippen LogP contribution is -2.30. The summed E-state index contributed by atoms with van der Waals surface area (Å²) in [5.41, 5.74) is 0. The number of aliphatic hydroxyl groups is 1. The number of esters is 3. The number of phosphoric acid groups is 1. The third kappa shape index (κ3) is 56.9. The molecule has 3 unspecified atom stereocenters. The maximum absolute atomic E-state index is 12.9. The van der Waals surface area contributed by atoms with Gasteiger partial charge in [-0.1, -0.05) is 290 Å². The molecule has 0 amide bonds. The quantitative estimate of drug-likeness (QED) is 0.0197. The lowest BCUT2D eigenvalue weighted by Gasteiger charge is -2.21. The normalized spacial score (nSPS) is 13.3. The van der Waals surface area contributed by atoms with E-state index in [-0.39, 0.29) is 25.9 Å². The van der Waals surface area contributed by atoms with E-state index in [1.165, 1.54) is 218 Å². The van der Waals surface area contributed by atoms with Gasteiger partial charge in [-0.05, 0) is 44.9 Å². The molecule has 0 aromatic heterocycles. The number of rotatable bonds is 62. The first-order valence-corrected chi connectivity index (χ1v) is 34.1. The number of hydrogen-bond donors (Lipinski definition) is 2. The van der Waals surface area contributed by atoms with Gasteiger partial charge >= 0.3 is 25.7 Å². The number of aliphatic hydroxyl groups excluding tert-OH is 1. The Bertz CT molecular complexity index is 1330. The zero-order chi connectivity index (χ0) is 55.5. The van der Waals surface area contributed by atoms with Crippen LogP contribution in [0.2, 0.25) is 0 Å². The van der Waals surface area contributed by atoms with E-state index >= 15 is 0 Å². The lowest BCUT2D eigenvalue weighted by atomic mass is 10.0. The fourth-order valence-corrected chi connectivity index (χ4v) is 10.5. The predicted octanol–water partition coefficient (Wildman–Crippen LogP) is 19.6. The average molecular weight is 1100 g/mol. The largest absolute Gasteiger partial charge is 0.472 e. The third-order valence-electron chi connectivity index (χ3n) is 14.7. The molecule has 0 heterocycles. The van der Waals surface area contributed by atoms with E-state index in [9.17, 15) is 28.9 Å². The molecular formula is C64H123O11P. The highest BCUT2D eigenvalue weighted by Gasteiger charge is 2.28. The molecular weight excluding hydrogens is 976 g/mol. The average Bonchev–Trinajstić information content (AvgIpc) is 3.41. The van der Waals surface area contributed by atoms with Crippen LogP contribution >= 0.6 is 7.82 Å². The second-order valence-corrected chi connectivity index (χ2v) is 23.8. The summed E-state index contributed by atoms with van der Waals surface area (Å²) in [6, 6.07) is 0. The molecule has 0 aromatic carbocycles. The zero-order valence-corrected chi connectivity index (χ0v) is 50.9. The maximum Gasteiger partial charge on any atom is 0.472 e. The van der Waals surface area contributed by atoms with Crippen molar-refractivity contribution < 1.29 is 52.2 Å². The van der Waals surface area contributed by atoms with E-state index in [2.05, 4.69) is 32.9 Å². The standard InChI is InChI=1S/C64H123O11P/c1-4-7-10-13-16-19-22-25-28-30-33-35-38-41-44-47-50-53-62(66)71-57-61(75-64(68)55-52-49-46-43-40-37-34-31-29-26-23-20-17-14-11-8-5-2)59-73-76(69,70)72-58-60(56-65)74-63(67)54-51-48-45-42-39-36-32-27-24-21-18-15-12-9-6-3/h25,28,60-61,65H,4-24,26-27,29-59H2,1-3H3,(H,69,70)/b28-25-. The Morgan fingerprint density at radius 1 is 0.355 bits per heavy atom. The third-order valence-corrected chi connectivity index (χ3v) is 15.6. The zero-order valence-electron chi connectivity index (χ0n) is 50.0. The highest BCUT2D eigenvalue weighted by molar-refractivity contribution is 7.47. The summed E-state index contributed by atoms with van der Waals surface area (Å²) in [6.45, 7) is 4.73. The summed E-state index contributed by atoms with van der Waals surface area (Å²) in [6.07, 6.45) is 60.1. The minimum Gasteiger partial charge on any atom is -0.462 e. The van der Waals surface area contributed by atoms with Gasteiger partial charge in [-0.25, -0.2) is 4.57 Å². The molecule has 0 fully saturated rings. The molecule has 0 aliphatic carbocycles. The van der Waals surface area contributed by atoms with Crippen molar-refractivity contribution in [3.8, 4) is 0 Å². The molecule has 3 atom stereocenters. The summed E-state index contributed by atoms with van der Waals surface area (Å²) >= 11 is 0. The van der Waals surface area contributed by atoms with Crippen LogP contribution in [0, 0.1) is 0 Å². The first kappa shape index (κ1) is 74.2. The molecule has 2 N–H and O–H groups in total. The van der Waals surface area contributed by atoms with Gasteiger partial charge < -0.3 is 24.2 Å². The van der Waals surface area contributed by atoms with E-state index < -0.39 is 57.8 Å². The van der Waals surface area contributed by atoms with Crippen molar-refractivity contribution in [2.24, 2.45) is 0 Å². The second-order valence-electron chi connectivity index (χ2n) is 22.3. The van der Waals surface area contributed by atoms with Crippen LogP contribution in [-0.4, -0.2) is 66.5 Å². The highest BCUT2D eigenvalue weighted by atomic mass is 31.2. The van der Waals surface area contributed by atoms with E-state index in [0.717, 1.165) is 64.2 Å². The fourth-order valence-electron chi connectivity index (χ4n) is 9.71. The van der Waals surface area contributed by atoms with Gasteiger partial charge in [0, 0.05) is 19.3 Å². The Labute approximate surface area is 468 Å². The van der Waals surface area contributed by atoms with E-state index in [1.54, 1.807) is 0 Å². The van der Waals surface area contributed by atoms with Crippen molar-refractivity contribution in [2.75, 3.05) is 26.4 Å². The van der Waals surface area contributed by atoms with Crippen LogP contribution in [0.25, 0.3) is 0 Å². The molecule has 0 saturated heterocycles. The van der Waals surface area contributed by atoms with Gasteiger partial charge in [-0.3, -0.25) is 23.4 Å². The molecule has 0 aromatic rings. The van der Waals surface area contributed by atoms with Crippen LogP contribution in [0.4, 0.5) is 0 Å². The van der Waals surface area contributed by atoms with Crippen molar-refractivity contribution in [2.45, 2.75) is 354 Å². The molecule has 0 aliphatic heterocycles. The Kier molecular flexibility index (Phi) is 58.0. The first-order valence-electron chi connectivity index (χ1n) is 32.6. The van der Waals surface area contributed by atoms with Gasteiger partial charge in [0.05, 0.1) is 19.8 Å². The number of phosphoric ester groups is 1. The highest BCUT2D eigenvalue weighted by Crippen LogP contribution is 2.43. The Hall–Kier alpha value is -1.78. The van der Waals surface area contributed by atoms with Gasteiger partial charge in [0.15, 0.2) is 6.10 Å². The molecule has 0 spiro atoms. The minimum absolute atomic E-state index is 0.176. The molecule has 0 bridgehead atoms. The van der Waals surface area contributed by atoms with Gasteiger partial charge in [0.25, 0.3) is 0 Å². The number of hydrogen-bond acceptors (Lipinski definition) is 10. The molecule has 12 heteroatoms. The molecule has 450 valence electrons. The molecule has 11 nitrogen and oxygen atoms in total. The number of unbranched alkanes of at least 4 members (excludes halogenated alkanes) is 43. The second kappa shape index (κ2) is 59.3. The molecule has 0 radical (unpaired) electrons. The predicted molar refractivity (Wildman–Crippen MR) is 317 cm³/mol. The van der Waals surface area contributed by atoms with Crippen molar-refractivity contribution in [3.05, 3.63) is 12.2 Å². The van der Waals surface area contributed by atoms with Crippen LogP contribution in [-0.2, 0) is 42.2 Å². The van der Waals surface area contributed by atoms with Gasteiger partial charge in [0.2, 0.25) is 0 Å². The topological polar surface area (TPSA) is 155 Å². The van der Waals surface area contributed by atoms with Gasteiger partial charge in [0.1, 0.15) is 12.7 Å². The number of carbonyl (C=O) groups is 3. The Morgan fingerprint density at radius 3 is 0.908 bits per heavy atom. The van der Waals surface area contributed by atoms with E-state index in [4.69, 9.17) is 23.3 Å². The van der Waals surface area contributed by atoms with Gasteiger partial charge in [-0.15, -0.1) is 0 Å². The lowest BCUT2D eigenvalue weighted by molar-refractivity contribution is -0.161. The van der Waals surface area contributed by atoms with E-state index in [1.807, 2.05) is 0 Å². The van der Waals surface area contributed by atoms with Crippen molar-refractivity contribution >= 4 is 25.7 Å². The first-order chi connectivity index (χ1) is 37.2. The minimum atomic E-state index is -4.74. The molecule has 0 aliphatic rings. The van der Waals surface area contributed by atoms with E-state index in [0.29, 0.717) is 19.3 Å².